The van der Waals surface area contributed by atoms with E-state index in [0.29, 0.717) is 0 Å². The topological polar surface area (TPSA) is 54.4 Å². The van der Waals surface area contributed by atoms with Gasteiger partial charge in [0.2, 0.25) is 0 Å². The van der Waals surface area contributed by atoms with E-state index in [1.54, 1.807) is 0 Å². The van der Waals surface area contributed by atoms with Crippen molar-refractivity contribution in [3.63, 3.8) is 0 Å². The van der Waals surface area contributed by atoms with Crippen molar-refractivity contribution in [1.82, 2.24) is 0 Å². The summed E-state index contributed by atoms with van der Waals surface area (Å²) in [6, 6.07) is 6.70. The fourth-order valence-electron chi connectivity index (χ4n) is 1.12. The van der Waals surface area contributed by atoms with Crippen LogP contribution in [0.15, 0.2) is 30.3 Å². The summed E-state index contributed by atoms with van der Waals surface area (Å²) in [5.41, 5.74) is -5.18. The number of halogens is 3. The van der Waals surface area contributed by atoms with E-state index < -0.39 is 27.5 Å². The predicted molar refractivity (Wildman–Crippen MR) is 51.0 cm³/mol. The molecule has 0 aromatic heterocycles. The molecule has 2 unspecified atom stereocenters. The van der Waals surface area contributed by atoms with Gasteiger partial charge in [-0.2, -0.15) is 13.2 Å². The highest BCUT2D eigenvalue weighted by molar-refractivity contribution is 7.86. The fraction of sp³-hybridized carbons (Fsp3) is 0.222. The Kier molecular flexibility index (Phi) is 3.69. The summed E-state index contributed by atoms with van der Waals surface area (Å²) < 4.78 is 47.6. The minimum absolute atomic E-state index is 0.134. The highest BCUT2D eigenvalue weighted by Gasteiger charge is 2.45. The molecule has 0 fully saturated rings. The maximum Gasteiger partial charge on any atom is 0.472 e. The zero-order valence-corrected chi connectivity index (χ0v) is 8.59. The standard InChI is InChI=1S/C9H7F3O3S/c10-9(11,12)16(15)7(8(13)14)6-4-2-1-3-5-6/h1-5,7H,(H,13,14). The van der Waals surface area contributed by atoms with Crippen LogP contribution in [0.5, 0.6) is 0 Å². The van der Waals surface area contributed by atoms with Gasteiger partial charge in [-0.3, -0.25) is 4.79 Å². The smallest absolute Gasteiger partial charge is 0.472 e. The summed E-state index contributed by atoms with van der Waals surface area (Å²) in [6.07, 6.45) is 0. The molecule has 0 heterocycles. The minimum atomic E-state index is -5.04. The maximum absolute atomic E-state index is 12.2. The van der Waals surface area contributed by atoms with Crippen molar-refractivity contribution in [3.05, 3.63) is 35.9 Å². The normalized spacial score (nSPS) is 15.4. The lowest BCUT2D eigenvalue weighted by Crippen LogP contribution is -2.27. The van der Waals surface area contributed by atoms with Gasteiger partial charge in [0.25, 0.3) is 0 Å². The fourth-order valence-corrected chi connectivity index (χ4v) is 1.97. The molecule has 0 saturated heterocycles. The van der Waals surface area contributed by atoms with E-state index in [4.69, 9.17) is 5.11 Å². The van der Waals surface area contributed by atoms with Gasteiger partial charge in [0.15, 0.2) is 5.25 Å². The summed E-state index contributed by atoms with van der Waals surface area (Å²) in [5.74, 6) is -1.76. The summed E-state index contributed by atoms with van der Waals surface area (Å²) in [5, 5.41) is 6.59. The molecule has 0 radical (unpaired) electrons. The molecule has 1 aromatic rings. The first-order chi connectivity index (χ1) is 7.34. The lowest BCUT2D eigenvalue weighted by Gasteiger charge is -2.14. The van der Waals surface area contributed by atoms with Crippen LogP contribution in [-0.2, 0) is 15.6 Å². The van der Waals surface area contributed by atoms with Crippen LogP contribution in [0.1, 0.15) is 10.8 Å². The number of carbonyl (C=O) groups is 1. The van der Waals surface area contributed by atoms with Crippen LogP contribution in [0.4, 0.5) is 13.2 Å². The van der Waals surface area contributed by atoms with Gasteiger partial charge < -0.3 is 5.11 Å². The molecule has 0 bridgehead atoms. The van der Waals surface area contributed by atoms with Gasteiger partial charge in [0.05, 0.1) is 0 Å². The molecular formula is C9H7F3O3S. The molecular weight excluding hydrogens is 245 g/mol. The average molecular weight is 252 g/mol. The van der Waals surface area contributed by atoms with Gasteiger partial charge in [-0.25, -0.2) is 4.21 Å². The molecule has 7 heteroatoms. The highest BCUT2D eigenvalue weighted by atomic mass is 32.2. The quantitative estimate of drug-likeness (QED) is 0.896. The summed E-state index contributed by atoms with van der Waals surface area (Å²) in [4.78, 5) is 10.7. The van der Waals surface area contributed by atoms with Crippen molar-refractivity contribution in [2.24, 2.45) is 0 Å². The predicted octanol–water partition coefficient (Wildman–Crippen LogP) is 2.08. The molecule has 0 amide bonds. The second-order valence-electron chi connectivity index (χ2n) is 2.87. The zero-order chi connectivity index (χ0) is 12.3. The van der Waals surface area contributed by atoms with Crippen LogP contribution in [0.25, 0.3) is 0 Å². The second-order valence-corrected chi connectivity index (χ2v) is 4.40. The van der Waals surface area contributed by atoms with Crippen LogP contribution >= 0.6 is 0 Å². The van der Waals surface area contributed by atoms with Crippen molar-refractivity contribution >= 4 is 16.8 Å². The van der Waals surface area contributed by atoms with E-state index in [9.17, 15) is 22.2 Å². The Balaban J connectivity index is 3.12. The van der Waals surface area contributed by atoms with Crippen molar-refractivity contribution in [2.45, 2.75) is 10.8 Å². The molecule has 16 heavy (non-hydrogen) atoms. The van der Waals surface area contributed by atoms with E-state index in [0.717, 1.165) is 0 Å². The Morgan fingerprint density at radius 2 is 1.75 bits per heavy atom. The molecule has 0 spiro atoms. The summed E-state index contributed by atoms with van der Waals surface area (Å²) in [7, 11) is -3.46. The molecule has 88 valence electrons. The minimum Gasteiger partial charge on any atom is -0.480 e. The van der Waals surface area contributed by atoms with Crippen molar-refractivity contribution in [2.75, 3.05) is 0 Å². The first-order valence-corrected chi connectivity index (χ1v) is 5.30. The van der Waals surface area contributed by atoms with Crippen LogP contribution in [0, 0.1) is 0 Å². The third kappa shape index (κ3) is 2.82. The van der Waals surface area contributed by atoms with E-state index in [1.807, 2.05) is 0 Å². The number of rotatable bonds is 3. The molecule has 2 atom stereocenters. The lowest BCUT2D eigenvalue weighted by atomic mass is 10.1. The molecule has 0 aliphatic heterocycles. The number of aliphatic carboxylic acids is 1. The second kappa shape index (κ2) is 4.65. The highest BCUT2D eigenvalue weighted by Crippen LogP contribution is 2.31. The molecule has 3 nitrogen and oxygen atoms in total. The Morgan fingerprint density at radius 1 is 1.25 bits per heavy atom. The SMILES string of the molecule is O=C(O)C(c1ccccc1)S(=O)C(F)(F)F. The van der Waals surface area contributed by atoms with Crippen LogP contribution in [-0.4, -0.2) is 20.8 Å². The molecule has 0 saturated carbocycles. The first-order valence-electron chi connectivity index (χ1n) is 4.09. The van der Waals surface area contributed by atoms with Gasteiger partial charge in [0.1, 0.15) is 10.8 Å². The Labute approximate surface area is 91.4 Å². The Morgan fingerprint density at radius 3 is 2.12 bits per heavy atom. The van der Waals surface area contributed by atoms with Crippen molar-refractivity contribution in [3.8, 4) is 0 Å². The van der Waals surface area contributed by atoms with Crippen LogP contribution < -0.4 is 0 Å². The monoisotopic (exact) mass is 252 g/mol. The zero-order valence-electron chi connectivity index (χ0n) is 7.77. The summed E-state index contributed by atoms with van der Waals surface area (Å²) >= 11 is 0. The first kappa shape index (κ1) is 12.7. The number of carboxylic acids is 1. The average Bonchev–Trinajstić information content (AvgIpc) is 2.17. The van der Waals surface area contributed by atoms with E-state index in [-0.39, 0.29) is 5.56 Å². The molecule has 1 rings (SSSR count). The Hall–Kier alpha value is -1.37. The van der Waals surface area contributed by atoms with E-state index >= 15 is 0 Å². The van der Waals surface area contributed by atoms with E-state index in [2.05, 4.69) is 0 Å². The van der Waals surface area contributed by atoms with E-state index in [1.165, 1.54) is 30.3 Å². The van der Waals surface area contributed by atoms with Gasteiger partial charge in [-0.15, -0.1) is 0 Å². The number of benzene rings is 1. The van der Waals surface area contributed by atoms with Crippen LogP contribution in [0.3, 0.4) is 0 Å². The summed E-state index contributed by atoms with van der Waals surface area (Å²) in [6.45, 7) is 0. The van der Waals surface area contributed by atoms with Crippen LogP contribution in [0.2, 0.25) is 0 Å². The molecule has 1 N–H and O–H groups in total. The molecule has 0 aliphatic rings. The number of hydrogen-bond donors (Lipinski definition) is 1. The van der Waals surface area contributed by atoms with Gasteiger partial charge >= 0.3 is 11.5 Å². The maximum atomic E-state index is 12.2. The number of hydrogen-bond acceptors (Lipinski definition) is 2. The van der Waals surface area contributed by atoms with Gasteiger partial charge in [-0.1, -0.05) is 30.3 Å². The van der Waals surface area contributed by atoms with Gasteiger partial charge in [-0.05, 0) is 5.56 Å². The lowest BCUT2D eigenvalue weighted by molar-refractivity contribution is -0.137. The number of alkyl halides is 3. The molecule has 1 aromatic carbocycles. The largest absolute Gasteiger partial charge is 0.480 e. The van der Waals surface area contributed by atoms with Crippen molar-refractivity contribution < 1.29 is 27.3 Å². The van der Waals surface area contributed by atoms with Gasteiger partial charge in [0, 0.05) is 0 Å². The third-order valence-electron chi connectivity index (χ3n) is 1.77. The van der Waals surface area contributed by atoms with Crippen molar-refractivity contribution in [1.29, 1.82) is 0 Å². The number of carboxylic acid groups (broad SMARTS) is 1. The molecule has 0 aliphatic carbocycles. The Bertz CT molecular complexity index is 402. The third-order valence-corrected chi connectivity index (χ3v) is 3.13.